The molecule has 122 valence electrons. The van der Waals surface area contributed by atoms with E-state index >= 15 is 0 Å². The molecule has 1 N–H and O–H groups in total. The van der Waals surface area contributed by atoms with Crippen molar-refractivity contribution in [1.82, 2.24) is 0 Å². The Kier molecular flexibility index (Phi) is 5.74. The van der Waals surface area contributed by atoms with Gasteiger partial charge in [-0.2, -0.15) is 0 Å². The maximum absolute atomic E-state index is 12.1. The first-order valence-electron chi connectivity index (χ1n) is 6.93. The van der Waals surface area contributed by atoms with Crippen molar-refractivity contribution in [1.29, 1.82) is 0 Å². The molecular formula is C17H17Cl2NO3. The zero-order valence-electron chi connectivity index (χ0n) is 13.1. The fourth-order valence-electron chi connectivity index (χ4n) is 2.23. The lowest BCUT2D eigenvalue weighted by Gasteiger charge is -2.14. The second kappa shape index (κ2) is 7.57. The first-order chi connectivity index (χ1) is 10.9. The van der Waals surface area contributed by atoms with Crippen LogP contribution in [0.15, 0.2) is 30.3 Å². The summed E-state index contributed by atoms with van der Waals surface area (Å²) in [5.74, 6) is 0.878. The highest BCUT2D eigenvalue weighted by Crippen LogP contribution is 2.29. The molecule has 0 radical (unpaired) electrons. The smallest absolute Gasteiger partial charge is 0.262 e. The van der Waals surface area contributed by atoms with Gasteiger partial charge in [-0.1, -0.05) is 23.2 Å². The second-order valence-electron chi connectivity index (χ2n) is 5.05. The minimum Gasteiger partial charge on any atom is -0.495 e. The predicted octanol–water partition coefficient (Wildman–Crippen LogP) is 4.64. The van der Waals surface area contributed by atoms with Gasteiger partial charge >= 0.3 is 0 Å². The highest BCUT2D eigenvalue weighted by molar-refractivity contribution is 6.31. The summed E-state index contributed by atoms with van der Waals surface area (Å²) in [5, 5.41) is 3.87. The van der Waals surface area contributed by atoms with Crippen LogP contribution in [0.2, 0.25) is 10.0 Å². The maximum Gasteiger partial charge on any atom is 0.262 e. The molecule has 0 saturated heterocycles. The lowest BCUT2D eigenvalue weighted by atomic mass is 10.1. The van der Waals surface area contributed by atoms with Crippen molar-refractivity contribution in [2.24, 2.45) is 0 Å². The Morgan fingerprint density at radius 1 is 1.09 bits per heavy atom. The number of aryl methyl sites for hydroxylation is 2. The molecule has 0 aromatic heterocycles. The molecule has 0 bridgehead atoms. The van der Waals surface area contributed by atoms with Gasteiger partial charge in [-0.3, -0.25) is 4.79 Å². The van der Waals surface area contributed by atoms with Gasteiger partial charge in [-0.05, 0) is 55.3 Å². The van der Waals surface area contributed by atoms with Crippen LogP contribution in [0.5, 0.6) is 11.5 Å². The first-order valence-corrected chi connectivity index (χ1v) is 7.69. The van der Waals surface area contributed by atoms with E-state index in [4.69, 9.17) is 32.7 Å². The molecule has 0 fully saturated rings. The van der Waals surface area contributed by atoms with E-state index in [9.17, 15) is 4.79 Å². The summed E-state index contributed by atoms with van der Waals surface area (Å²) in [6.07, 6.45) is 0. The van der Waals surface area contributed by atoms with Crippen LogP contribution in [-0.2, 0) is 4.79 Å². The van der Waals surface area contributed by atoms with Crippen LogP contribution < -0.4 is 14.8 Å². The van der Waals surface area contributed by atoms with E-state index in [0.29, 0.717) is 27.2 Å². The average molecular weight is 354 g/mol. The van der Waals surface area contributed by atoms with E-state index in [1.54, 1.807) is 30.3 Å². The van der Waals surface area contributed by atoms with Crippen molar-refractivity contribution in [2.45, 2.75) is 13.8 Å². The fourth-order valence-corrected chi connectivity index (χ4v) is 2.73. The third-order valence-corrected chi connectivity index (χ3v) is 3.66. The monoisotopic (exact) mass is 353 g/mol. The quantitative estimate of drug-likeness (QED) is 0.851. The number of hydrogen-bond donors (Lipinski definition) is 1. The van der Waals surface area contributed by atoms with Gasteiger partial charge in [0, 0.05) is 10.0 Å². The van der Waals surface area contributed by atoms with Gasteiger partial charge in [-0.25, -0.2) is 0 Å². The minimum absolute atomic E-state index is 0.126. The van der Waals surface area contributed by atoms with Gasteiger partial charge in [-0.15, -0.1) is 0 Å². The van der Waals surface area contributed by atoms with Crippen molar-refractivity contribution in [3.05, 3.63) is 51.5 Å². The van der Waals surface area contributed by atoms with E-state index in [0.717, 1.165) is 11.1 Å². The third-order valence-electron chi connectivity index (χ3n) is 3.21. The van der Waals surface area contributed by atoms with Gasteiger partial charge in [0.1, 0.15) is 11.5 Å². The van der Waals surface area contributed by atoms with Gasteiger partial charge in [0.15, 0.2) is 6.61 Å². The molecule has 2 aromatic carbocycles. The second-order valence-corrected chi connectivity index (χ2v) is 5.92. The van der Waals surface area contributed by atoms with E-state index in [1.165, 1.54) is 7.11 Å². The molecule has 0 aliphatic rings. The highest BCUT2D eigenvalue weighted by atomic mass is 35.5. The van der Waals surface area contributed by atoms with Crippen molar-refractivity contribution >= 4 is 34.8 Å². The van der Waals surface area contributed by atoms with Crippen molar-refractivity contribution < 1.29 is 14.3 Å². The lowest BCUT2D eigenvalue weighted by Crippen LogP contribution is -2.21. The molecule has 0 unspecified atom stereocenters. The van der Waals surface area contributed by atoms with Crippen LogP contribution in [0.1, 0.15) is 11.1 Å². The standard InChI is InChI=1S/C17H17Cl2NO3/c1-10-6-13(19)7-11(2)17(10)23-9-16(21)20-14-8-12(18)4-5-15(14)22-3/h4-8H,9H2,1-3H3,(H,20,21). The van der Waals surface area contributed by atoms with E-state index in [2.05, 4.69) is 5.32 Å². The zero-order chi connectivity index (χ0) is 17.0. The average Bonchev–Trinajstić information content (AvgIpc) is 2.46. The number of nitrogens with one attached hydrogen (secondary N) is 1. The molecule has 0 spiro atoms. The summed E-state index contributed by atoms with van der Waals surface area (Å²) in [6.45, 7) is 3.64. The van der Waals surface area contributed by atoms with Crippen molar-refractivity contribution in [2.75, 3.05) is 19.0 Å². The molecule has 6 heteroatoms. The molecule has 0 atom stereocenters. The van der Waals surface area contributed by atoms with Crippen LogP contribution >= 0.6 is 23.2 Å². The minimum atomic E-state index is -0.306. The number of anilines is 1. The van der Waals surface area contributed by atoms with Gasteiger partial charge in [0.25, 0.3) is 5.91 Å². The van der Waals surface area contributed by atoms with Gasteiger partial charge in [0.05, 0.1) is 12.8 Å². The Labute approximate surface area is 145 Å². The molecule has 0 saturated carbocycles. The SMILES string of the molecule is COc1ccc(Cl)cc1NC(=O)COc1c(C)cc(Cl)cc1C. The summed E-state index contributed by atoms with van der Waals surface area (Å²) < 4.78 is 10.8. The topological polar surface area (TPSA) is 47.6 Å². The summed E-state index contributed by atoms with van der Waals surface area (Å²) in [7, 11) is 1.52. The number of carbonyl (C=O) groups excluding carboxylic acids is 1. The van der Waals surface area contributed by atoms with Gasteiger partial charge in [0.2, 0.25) is 0 Å². The number of benzene rings is 2. The largest absolute Gasteiger partial charge is 0.495 e. The van der Waals surface area contributed by atoms with Gasteiger partial charge < -0.3 is 14.8 Å². The van der Waals surface area contributed by atoms with Crippen LogP contribution in [-0.4, -0.2) is 19.6 Å². The molecule has 1 amide bonds. The Morgan fingerprint density at radius 3 is 2.35 bits per heavy atom. The summed E-state index contributed by atoms with van der Waals surface area (Å²) in [6, 6.07) is 8.58. The number of amides is 1. The summed E-state index contributed by atoms with van der Waals surface area (Å²) in [4.78, 5) is 12.1. The number of rotatable bonds is 5. The zero-order valence-corrected chi connectivity index (χ0v) is 14.6. The Bertz CT molecular complexity index is 709. The normalized spacial score (nSPS) is 10.3. The third kappa shape index (κ3) is 4.53. The highest BCUT2D eigenvalue weighted by Gasteiger charge is 2.11. The molecular weight excluding hydrogens is 337 g/mol. The van der Waals surface area contributed by atoms with Crippen molar-refractivity contribution in [3.63, 3.8) is 0 Å². The molecule has 2 rings (SSSR count). The number of methoxy groups -OCH3 is 1. The molecule has 2 aromatic rings. The lowest BCUT2D eigenvalue weighted by molar-refractivity contribution is -0.118. The summed E-state index contributed by atoms with van der Waals surface area (Å²) >= 11 is 11.9. The van der Waals surface area contributed by atoms with Crippen molar-refractivity contribution in [3.8, 4) is 11.5 Å². The number of halogens is 2. The molecule has 4 nitrogen and oxygen atoms in total. The van der Waals surface area contributed by atoms with Crippen LogP contribution in [0.4, 0.5) is 5.69 Å². The van der Waals surface area contributed by atoms with E-state index < -0.39 is 0 Å². The maximum atomic E-state index is 12.1. The molecule has 23 heavy (non-hydrogen) atoms. The number of hydrogen-bond acceptors (Lipinski definition) is 3. The first kappa shape index (κ1) is 17.4. The molecule has 0 aliphatic heterocycles. The Balaban J connectivity index is 2.05. The summed E-state index contributed by atoms with van der Waals surface area (Å²) in [5.41, 5.74) is 2.25. The molecule has 0 heterocycles. The number of carbonyl (C=O) groups is 1. The van der Waals surface area contributed by atoms with Crippen LogP contribution in [0.25, 0.3) is 0 Å². The fraction of sp³-hybridized carbons (Fsp3) is 0.235. The van der Waals surface area contributed by atoms with Crippen LogP contribution in [0.3, 0.4) is 0 Å². The van der Waals surface area contributed by atoms with E-state index in [1.807, 2.05) is 13.8 Å². The van der Waals surface area contributed by atoms with Crippen LogP contribution in [0, 0.1) is 13.8 Å². The number of ether oxygens (including phenoxy) is 2. The Morgan fingerprint density at radius 2 is 1.74 bits per heavy atom. The Hall–Kier alpha value is -1.91. The predicted molar refractivity (Wildman–Crippen MR) is 93.1 cm³/mol. The molecule has 0 aliphatic carbocycles. The van der Waals surface area contributed by atoms with E-state index in [-0.39, 0.29) is 12.5 Å².